The third-order valence-electron chi connectivity index (χ3n) is 4.54. The van der Waals surface area contributed by atoms with Gasteiger partial charge in [-0.05, 0) is 38.8 Å². The highest BCUT2D eigenvalue weighted by molar-refractivity contribution is 9.10. The molecule has 1 heterocycles. The molecule has 1 aliphatic carbocycles. The van der Waals surface area contributed by atoms with Gasteiger partial charge in [0.15, 0.2) is 0 Å². The molecule has 1 fully saturated rings. The van der Waals surface area contributed by atoms with Crippen LogP contribution < -0.4 is 5.32 Å². The van der Waals surface area contributed by atoms with E-state index in [9.17, 15) is 4.79 Å². The summed E-state index contributed by atoms with van der Waals surface area (Å²) < 4.78 is 3.22. The Morgan fingerprint density at radius 2 is 2.00 bits per heavy atom. The summed E-state index contributed by atoms with van der Waals surface area (Å²) in [5.74, 6) is 0.0682. The molecule has 1 amide bonds. The van der Waals surface area contributed by atoms with E-state index in [0.717, 1.165) is 33.8 Å². The Morgan fingerprint density at radius 1 is 1.27 bits per heavy atom. The molecule has 0 unspecified atom stereocenters. The summed E-state index contributed by atoms with van der Waals surface area (Å²) in [7, 11) is 0. The average molecular weight is 363 g/mol. The number of nitrogens with zero attached hydrogens (tertiary/aromatic N) is 1. The van der Waals surface area contributed by atoms with Gasteiger partial charge >= 0.3 is 0 Å². The molecule has 1 aliphatic rings. The van der Waals surface area contributed by atoms with Crippen molar-refractivity contribution in [1.29, 1.82) is 0 Å². The highest BCUT2D eigenvalue weighted by Crippen LogP contribution is 2.28. The Hall–Kier alpha value is -1.29. The fourth-order valence-electron chi connectivity index (χ4n) is 3.34. The molecule has 3 nitrogen and oxygen atoms in total. The first-order valence-electron chi connectivity index (χ1n) is 8.17. The summed E-state index contributed by atoms with van der Waals surface area (Å²) in [5.41, 5.74) is 1.90. The number of amides is 1. The second-order valence-corrected chi connectivity index (χ2v) is 7.43. The first-order chi connectivity index (χ1) is 10.6. The predicted octanol–water partition coefficient (Wildman–Crippen LogP) is 5.05. The molecule has 1 N–H and O–H groups in total. The van der Waals surface area contributed by atoms with E-state index in [4.69, 9.17) is 0 Å². The molecule has 22 heavy (non-hydrogen) atoms. The van der Waals surface area contributed by atoms with E-state index in [1.165, 1.54) is 19.3 Å². The van der Waals surface area contributed by atoms with E-state index in [-0.39, 0.29) is 5.91 Å². The van der Waals surface area contributed by atoms with Crippen LogP contribution in [-0.2, 0) is 0 Å². The second kappa shape index (κ2) is 6.45. The Kier molecular flexibility index (Phi) is 4.57. The summed E-state index contributed by atoms with van der Waals surface area (Å²) in [6.07, 6.45) is 7.98. The van der Waals surface area contributed by atoms with Gasteiger partial charge in [0.05, 0.1) is 11.1 Å². The van der Waals surface area contributed by atoms with Crippen LogP contribution in [-0.4, -0.2) is 16.5 Å². The number of hydrogen-bond acceptors (Lipinski definition) is 1. The highest BCUT2D eigenvalue weighted by atomic mass is 79.9. The number of halogens is 1. The standard InChI is InChI=1S/C18H23BrN2O/c1-12(2)21-11-16(15-9-8-13(19)10-17(15)21)18(22)20-14-6-4-3-5-7-14/h8-12,14H,3-7H2,1-2H3,(H,20,22). The van der Waals surface area contributed by atoms with E-state index in [1.54, 1.807) is 0 Å². The number of rotatable bonds is 3. The molecule has 0 atom stereocenters. The zero-order chi connectivity index (χ0) is 15.7. The molecular formula is C18H23BrN2O. The van der Waals surface area contributed by atoms with Gasteiger partial charge in [0.2, 0.25) is 0 Å². The third kappa shape index (κ3) is 3.07. The number of nitrogens with one attached hydrogen (secondary N) is 1. The Morgan fingerprint density at radius 3 is 2.68 bits per heavy atom. The molecule has 3 rings (SSSR count). The molecule has 0 saturated heterocycles. The normalized spacial score (nSPS) is 16.4. The summed E-state index contributed by atoms with van der Waals surface area (Å²) in [6.45, 7) is 4.28. The van der Waals surface area contributed by atoms with Crippen LogP contribution in [0, 0.1) is 0 Å². The third-order valence-corrected chi connectivity index (χ3v) is 5.03. The van der Waals surface area contributed by atoms with Crippen LogP contribution in [0.25, 0.3) is 10.9 Å². The highest BCUT2D eigenvalue weighted by Gasteiger charge is 2.20. The maximum Gasteiger partial charge on any atom is 0.253 e. The molecule has 1 aromatic heterocycles. The molecular weight excluding hydrogens is 340 g/mol. The van der Waals surface area contributed by atoms with Crippen molar-refractivity contribution in [2.24, 2.45) is 0 Å². The Bertz CT molecular complexity index is 684. The zero-order valence-electron chi connectivity index (χ0n) is 13.2. The van der Waals surface area contributed by atoms with Gasteiger partial charge < -0.3 is 9.88 Å². The van der Waals surface area contributed by atoms with Gasteiger partial charge in [0.25, 0.3) is 5.91 Å². The summed E-state index contributed by atoms with van der Waals surface area (Å²) in [4.78, 5) is 12.7. The van der Waals surface area contributed by atoms with Crippen molar-refractivity contribution in [2.45, 2.75) is 58.0 Å². The van der Waals surface area contributed by atoms with E-state index >= 15 is 0 Å². The monoisotopic (exact) mass is 362 g/mol. The van der Waals surface area contributed by atoms with Gasteiger partial charge in [-0.3, -0.25) is 4.79 Å². The van der Waals surface area contributed by atoms with Crippen LogP contribution in [0.4, 0.5) is 0 Å². The molecule has 1 aromatic carbocycles. The number of hydrogen-bond donors (Lipinski definition) is 1. The van der Waals surface area contributed by atoms with Crippen molar-refractivity contribution in [1.82, 2.24) is 9.88 Å². The van der Waals surface area contributed by atoms with Crippen molar-refractivity contribution in [3.05, 3.63) is 34.4 Å². The summed E-state index contributed by atoms with van der Waals surface area (Å²) in [5, 5.41) is 4.26. The number of benzene rings is 1. The molecule has 118 valence electrons. The lowest BCUT2D eigenvalue weighted by molar-refractivity contribution is 0.0929. The number of aromatic nitrogens is 1. The van der Waals surface area contributed by atoms with Crippen molar-refractivity contribution in [3.63, 3.8) is 0 Å². The predicted molar refractivity (Wildman–Crippen MR) is 94.4 cm³/mol. The van der Waals surface area contributed by atoms with E-state index in [2.05, 4.69) is 45.7 Å². The summed E-state index contributed by atoms with van der Waals surface area (Å²) in [6, 6.07) is 6.80. The minimum Gasteiger partial charge on any atom is -0.349 e. The molecule has 1 saturated carbocycles. The quantitative estimate of drug-likeness (QED) is 0.814. The lowest BCUT2D eigenvalue weighted by Crippen LogP contribution is -2.36. The first kappa shape index (κ1) is 15.6. The Labute approximate surface area is 140 Å². The molecule has 4 heteroatoms. The van der Waals surface area contributed by atoms with Gasteiger partial charge in [-0.2, -0.15) is 0 Å². The van der Waals surface area contributed by atoms with Crippen molar-refractivity contribution >= 4 is 32.7 Å². The average Bonchev–Trinajstić information content (AvgIpc) is 2.87. The van der Waals surface area contributed by atoms with Crippen molar-refractivity contribution < 1.29 is 4.79 Å². The van der Waals surface area contributed by atoms with Crippen molar-refractivity contribution in [3.8, 4) is 0 Å². The SMILES string of the molecule is CC(C)n1cc(C(=O)NC2CCCCC2)c2ccc(Br)cc21. The number of fused-ring (bicyclic) bond motifs is 1. The molecule has 0 aliphatic heterocycles. The minimum atomic E-state index is 0.0682. The lowest BCUT2D eigenvalue weighted by atomic mass is 9.95. The van der Waals surface area contributed by atoms with Crippen LogP contribution in [0.5, 0.6) is 0 Å². The van der Waals surface area contributed by atoms with Gasteiger partial charge in [0.1, 0.15) is 0 Å². The summed E-state index contributed by atoms with van der Waals surface area (Å²) >= 11 is 3.53. The number of carbonyl (C=O) groups is 1. The zero-order valence-corrected chi connectivity index (χ0v) is 14.8. The van der Waals surface area contributed by atoms with E-state index in [0.29, 0.717) is 12.1 Å². The molecule has 2 aromatic rings. The van der Waals surface area contributed by atoms with Crippen LogP contribution in [0.2, 0.25) is 0 Å². The molecule has 0 bridgehead atoms. The largest absolute Gasteiger partial charge is 0.349 e. The topological polar surface area (TPSA) is 34.0 Å². The van der Waals surface area contributed by atoms with Gasteiger partial charge in [-0.1, -0.05) is 41.3 Å². The Balaban J connectivity index is 1.94. The van der Waals surface area contributed by atoms with Gasteiger partial charge in [-0.25, -0.2) is 0 Å². The molecule has 0 radical (unpaired) electrons. The maximum absolute atomic E-state index is 12.7. The van der Waals surface area contributed by atoms with Crippen LogP contribution in [0.3, 0.4) is 0 Å². The first-order valence-corrected chi connectivity index (χ1v) is 8.96. The van der Waals surface area contributed by atoms with E-state index in [1.807, 2.05) is 18.3 Å². The lowest BCUT2D eigenvalue weighted by Gasteiger charge is -2.22. The van der Waals surface area contributed by atoms with Crippen molar-refractivity contribution in [2.75, 3.05) is 0 Å². The van der Waals surface area contributed by atoms with Gasteiger partial charge in [-0.15, -0.1) is 0 Å². The minimum absolute atomic E-state index is 0.0682. The van der Waals surface area contributed by atoms with Crippen LogP contribution in [0.1, 0.15) is 62.4 Å². The van der Waals surface area contributed by atoms with Crippen LogP contribution >= 0.6 is 15.9 Å². The fourth-order valence-corrected chi connectivity index (χ4v) is 3.69. The van der Waals surface area contributed by atoms with E-state index < -0.39 is 0 Å². The number of carbonyl (C=O) groups excluding carboxylic acids is 1. The van der Waals surface area contributed by atoms with Gasteiger partial charge in [0, 0.05) is 28.1 Å². The second-order valence-electron chi connectivity index (χ2n) is 6.51. The smallest absolute Gasteiger partial charge is 0.253 e. The molecule has 0 spiro atoms. The fraction of sp³-hybridized carbons (Fsp3) is 0.500. The maximum atomic E-state index is 12.7. The van der Waals surface area contributed by atoms with Crippen LogP contribution in [0.15, 0.2) is 28.9 Å².